The maximum Gasteiger partial charge on any atom is 0.251 e. The average molecular weight is 265 g/mol. The molecule has 0 aliphatic rings. The number of halogens is 1. The summed E-state index contributed by atoms with van der Waals surface area (Å²) >= 11 is 1.50. The molecule has 0 fully saturated rings. The minimum atomic E-state index is -0.414. The SMILES string of the molecule is Cc1nnc(CCNC(=O)c2cccc(F)c2)s1. The van der Waals surface area contributed by atoms with Gasteiger partial charge < -0.3 is 5.32 Å². The molecule has 0 aliphatic heterocycles. The topological polar surface area (TPSA) is 54.9 Å². The fraction of sp³-hybridized carbons (Fsp3) is 0.250. The van der Waals surface area contributed by atoms with Crippen LogP contribution in [0.3, 0.4) is 0 Å². The van der Waals surface area contributed by atoms with Crippen LogP contribution < -0.4 is 5.32 Å². The zero-order chi connectivity index (χ0) is 13.0. The first kappa shape index (κ1) is 12.6. The number of aromatic nitrogens is 2. The minimum absolute atomic E-state index is 0.282. The van der Waals surface area contributed by atoms with Crippen molar-refractivity contribution in [3.63, 3.8) is 0 Å². The quantitative estimate of drug-likeness (QED) is 0.919. The number of hydrogen-bond donors (Lipinski definition) is 1. The van der Waals surface area contributed by atoms with Gasteiger partial charge >= 0.3 is 0 Å². The predicted octanol–water partition coefficient (Wildman–Crippen LogP) is 1.96. The maximum absolute atomic E-state index is 12.9. The van der Waals surface area contributed by atoms with E-state index < -0.39 is 5.82 Å². The molecular formula is C12H12FN3OS. The second-order valence-corrected chi connectivity index (χ2v) is 5.00. The largest absolute Gasteiger partial charge is 0.352 e. The Labute approximate surface area is 108 Å². The Kier molecular flexibility index (Phi) is 3.99. The molecule has 0 saturated carbocycles. The van der Waals surface area contributed by atoms with E-state index >= 15 is 0 Å². The molecule has 0 aliphatic carbocycles. The average Bonchev–Trinajstić information content (AvgIpc) is 2.75. The van der Waals surface area contributed by atoms with E-state index in [9.17, 15) is 9.18 Å². The number of nitrogens with zero attached hydrogens (tertiary/aromatic N) is 2. The predicted molar refractivity (Wildman–Crippen MR) is 67.1 cm³/mol. The van der Waals surface area contributed by atoms with Gasteiger partial charge in [-0.2, -0.15) is 0 Å². The highest BCUT2D eigenvalue weighted by Gasteiger charge is 2.06. The molecule has 2 aromatic rings. The summed E-state index contributed by atoms with van der Waals surface area (Å²) in [5.41, 5.74) is 0.323. The first-order valence-corrected chi connectivity index (χ1v) is 6.29. The highest BCUT2D eigenvalue weighted by molar-refractivity contribution is 7.11. The number of rotatable bonds is 4. The van der Waals surface area contributed by atoms with Crippen molar-refractivity contribution in [2.24, 2.45) is 0 Å². The van der Waals surface area contributed by atoms with E-state index in [1.165, 1.54) is 29.5 Å². The van der Waals surface area contributed by atoms with E-state index in [0.29, 0.717) is 18.5 Å². The second kappa shape index (κ2) is 5.68. The summed E-state index contributed by atoms with van der Waals surface area (Å²) in [6.45, 7) is 2.34. The van der Waals surface area contributed by atoms with Crippen molar-refractivity contribution in [1.29, 1.82) is 0 Å². The molecule has 1 heterocycles. The first-order valence-electron chi connectivity index (χ1n) is 5.48. The number of nitrogens with one attached hydrogen (secondary N) is 1. The van der Waals surface area contributed by atoms with Gasteiger partial charge in [0, 0.05) is 18.5 Å². The van der Waals surface area contributed by atoms with E-state index in [4.69, 9.17) is 0 Å². The van der Waals surface area contributed by atoms with Crippen molar-refractivity contribution < 1.29 is 9.18 Å². The molecule has 0 saturated heterocycles. The van der Waals surface area contributed by atoms with Crippen LogP contribution in [0.25, 0.3) is 0 Å². The van der Waals surface area contributed by atoms with Crippen molar-refractivity contribution >= 4 is 17.2 Å². The summed E-state index contributed by atoms with van der Waals surface area (Å²) in [5, 5.41) is 12.3. The maximum atomic E-state index is 12.9. The van der Waals surface area contributed by atoms with Gasteiger partial charge in [-0.15, -0.1) is 21.5 Å². The molecule has 94 valence electrons. The summed E-state index contributed by atoms with van der Waals surface area (Å²) in [6, 6.07) is 5.61. The molecule has 1 aromatic carbocycles. The van der Waals surface area contributed by atoms with Crippen LogP contribution in [0.1, 0.15) is 20.4 Å². The normalized spacial score (nSPS) is 10.3. The smallest absolute Gasteiger partial charge is 0.251 e. The standard InChI is InChI=1S/C12H12FN3OS/c1-8-15-16-11(18-8)5-6-14-12(17)9-3-2-4-10(13)7-9/h2-4,7H,5-6H2,1H3,(H,14,17). The molecule has 1 amide bonds. The van der Waals surface area contributed by atoms with Crippen LogP contribution >= 0.6 is 11.3 Å². The summed E-state index contributed by atoms with van der Waals surface area (Å²) in [7, 11) is 0. The van der Waals surface area contributed by atoms with Crippen molar-refractivity contribution in [2.75, 3.05) is 6.54 Å². The second-order valence-electron chi connectivity index (χ2n) is 3.73. The van der Waals surface area contributed by atoms with E-state index in [2.05, 4.69) is 15.5 Å². The molecule has 0 atom stereocenters. The van der Waals surface area contributed by atoms with Crippen molar-refractivity contribution in [1.82, 2.24) is 15.5 Å². The number of benzene rings is 1. The fourth-order valence-electron chi connectivity index (χ4n) is 1.45. The number of hydrogen-bond acceptors (Lipinski definition) is 4. The zero-order valence-corrected chi connectivity index (χ0v) is 10.6. The van der Waals surface area contributed by atoms with Crippen molar-refractivity contribution in [3.8, 4) is 0 Å². The van der Waals surface area contributed by atoms with E-state index in [1.807, 2.05) is 6.92 Å². The van der Waals surface area contributed by atoms with Crippen LogP contribution in [0, 0.1) is 12.7 Å². The van der Waals surface area contributed by atoms with Crippen LogP contribution in [0.15, 0.2) is 24.3 Å². The molecule has 6 heteroatoms. The van der Waals surface area contributed by atoms with Crippen LogP contribution in [-0.2, 0) is 6.42 Å². The monoisotopic (exact) mass is 265 g/mol. The Bertz CT molecular complexity index is 556. The molecule has 4 nitrogen and oxygen atoms in total. The molecule has 18 heavy (non-hydrogen) atoms. The molecule has 2 rings (SSSR count). The lowest BCUT2D eigenvalue weighted by atomic mass is 10.2. The first-order chi connectivity index (χ1) is 8.65. The molecule has 1 aromatic heterocycles. The van der Waals surface area contributed by atoms with Gasteiger partial charge in [0.25, 0.3) is 5.91 Å². The van der Waals surface area contributed by atoms with Crippen molar-refractivity contribution in [2.45, 2.75) is 13.3 Å². The molecule has 0 bridgehead atoms. The summed E-state index contributed by atoms with van der Waals surface area (Å²) in [5.74, 6) is -0.696. The lowest BCUT2D eigenvalue weighted by Crippen LogP contribution is -2.25. The van der Waals surface area contributed by atoms with Gasteiger partial charge in [0.05, 0.1) is 0 Å². The van der Waals surface area contributed by atoms with Gasteiger partial charge in [-0.3, -0.25) is 4.79 Å². The van der Waals surface area contributed by atoms with Gasteiger partial charge in [0.2, 0.25) is 0 Å². The van der Waals surface area contributed by atoms with E-state index in [1.54, 1.807) is 6.07 Å². The van der Waals surface area contributed by atoms with Gasteiger partial charge in [-0.05, 0) is 25.1 Å². The number of amides is 1. The Hall–Kier alpha value is -1.82. The fourth-order valence-corrected chi connectivity index (χ4v) is 2.16. The molecular weight excluding hydrogens is 253 g/mol. The Balaban J connectivity index is 1.85. The minimum Gasteiger partial charge on any atom is -0.352 e. The molecule has 0 spiro atoms. The summed E-state index contributed by atoms with van der Waals surface area (Å²) in [6.07, 6.45) is 0.632. The third-order valence-electron chi connectivity index (χ3n) is 2.28. The van der Waals surface area contributed by atoms with Crippen molar-refractivity contribution in [3.05, 3.63) is 45.7 Å². The molecule has 1 N–H and O–H groups in total. The summed E-state index contributed by atoms with van der Waals surface area (Å²) in [4.78, 5) is 11.7. The number of aryl methyl sites for hydroxylation is 1. The van der Waals surface area contributed by atoms with E-state index in [-0.39, 0.29) is 5.91 Å². The van der Waals surface area contributed by atoms with Gasteiger partial charge in [-0.25, -0.2) is 4.39 Å². The lowest BCUT2D eigenvalue weighted by molar-refractivity contribution is 0.0953. The number of carbonyl (C=O) groups is 1. The Morgan fingerprint density at radius 3 is 2.94 bits per heavy atom. The molecule has 0 radical (unpaired) electrons. The number of carbonyl (C=O) groups excluding carboxylic acids is 1. The van der Waals surface area contributed by atoms with Crippen LogP contribution in [0.4, 0.5) is 4.39 Å². The zero-order valence-electron chi connectivity index (χ0n) is 9.81. The third-order valence-corrected chi connectivity index (χ3v) is 3.18. The molecule has 0 unspecified atom stereocenters. The highest BCUT2D eigenvalue weighted by atomic mass is 32.1. The van der Waals surface area contributed by atoms with Crippen LogP contribution in [0.2, 0.25) is 0 Å². The Morgan fingerprint density at radius 1 is 1.44 bits per heavy atom. The lowest BCUT2D eigenvalue weighted by Gasteiger charge is -2.03. The van der Waals surface area contributed by atoms with Crippen LogP contribution in [0.5, 0.6) is 0 Å². The van der Waals surface area contributed by atoms with Gasteiger partial charge in [0.1, 0.15) is 15.8 Å². The van der Waals surface area contributed by atoms with Gasteiger partial charge in [-0.1, -0.05) is 6.07 Å². The van der Waals surface area contributed by atoms with Crippen LogP contribution in [-0.4, -0.2) is 22.6 Å². The highest BCUT2D eigenvalue weighted by Crippen LogP contribution is 2.08. The Morgan fingerprint density at radius 2 is 2.28 bits per heavy atom. The van der Waals surface area contributed by atoms with E-state index in [0.717, 1.165) is 10.0 Å². The third kappa shape index (κ3) is 3.33. The van der Waals surface area contributed by atoms with Gasteiger partial charge in [0.15, 0.2) is 0 Å². The summed E-state index contributed by atoms with van der Waals surface area (Å²) < 4.78 is 12.9.